The Morgan fingerprint density at radius 1 is 0.679 bits per heavy atom. The second-order valence-corrected chi connectivity index (χ2v) is 7.72. The molecule has 0 N–H and O–H groups in total. The summed E-state index contributed by atoms with van der Waals surface area (Å²) >= 11 is 0. The highest BCUT2D eigenvalue weighted by Gasteiger charge is 2.18. The van der Waals surface area contributed by atoms with Crippen LogP contribution in [-0.2, 0) is 12.8 Å². The molecule has 0 unspecified atom stereocenters. The molecule has 2 aliphatic rings. The Labute approximate surface area is 167 Å². The fraction of sp³-hybridized carbons (Fsp3) is 0.143. The quantitative estimate of drug-likeness (QED) is 0.446. The van der Waals surface area contributed by atoms with E-state index < -0.39 is 0 Å². The van der Waals surface area contributed by atoms with E-state index in [1.807, 2.05) is 6.08 Å². The van der Waals surface area contributed by atoms with Gasteiger partial charge in [0.05, 0.1) is 0 Å². The summed E-state index contributed by atoms with van der Waals surface area (Å²) in [5.41, 5.74) is 12.6. The third kappa shape index (κ3) is 3.05. The molecule has 0 atom stereocenters. The van der Waals surface area contributed by atoms with Crippen LogP contribution in [0.5, 0.6) is 0 Å². The smallest absolute Gasteiger partial charge is 0.00854 e. The summed E-state index contributed by atoms with van der Waals surface area (Å²) < 4.78 is 0. The van der Waals surface area contributed by atoms with Crippen molar-refractivity contribution in [1.82, 2.24) is 0 Å². The molecule has 0 saturated carbocycles. The summed E-state index contributed by atoms with van der Waals surface area (Å²) in [6.07, 6.45) is 11.1. The predicted octanol–water partition coefficient (Wildman–Crippen LogP) is 7.36. The Bertz CT molecular complexity index is 1110. The SMILES string of the molecule is C=Cc1ccc(-c2ccc3c(c2)C(CCC2=CCc4ccccc42)=CC3)cc1. The van der Waals surface area contributed by atoms with Crippen molar-refractivity contribution in [3.05, 3.63) is 113 Å². The van der Waals surface area contributed by atoms with Gasteiger partial charge in [-0.05, 0) is 81.8 Å². The van der Waals surface area contributed by atoms with Crippen LogP contribution in [0.15, 0.2) is 85.5 Å². The van der Waals surface area contributed by atoms with Crippen molar-refractivity contribution in [2.75, 3.05) is 0 Å². The van der Waals surface area contributed by atoms with Crippen molar-refractivity contribution in [3.63, 3.8) is 0 Å². The number of fused-ring (bicyclic) bond motifs is 2. The summed E-state index contributed by atoms with van der Waals surface area (Å²) in [6, 6.07) is 24.4. The zero-order valence-electron chi connectivity index (χ0n) is 16.1. The van der Waals surface area contributed by atoms with Gasteiger partial charge in [-0.25, -0.2) is 0 Å². The van der Waals surface area contributed by atoms with E-state index in [1.165, 1.54) is 44.5 Å². The molecule has 3 aromatic rings. The molecular formula is C28H24. The molecule has 0 nitrogen and oxygen atoms in total. The first-order valence-electron chi connectivity index (χ1n) is 10.1. The molecule has 0 aliphatic heterocycles. The van der Waals surface area contributed by atoms with Crippen LogP contribution in [-0.4, -0.2) is 0 Å². The van der Waals surface area contributed by atoms with Crippen molar-refractivity contribution < 1.29 is 0 Å². The minimum Gasteiger partial charge on any atom is -0.0985 e. The Balaban J connectivity index is 1.36. The number of hydrogen-bond donors (Lipinski definition) is 0. The summed E-state index contributed by atoms with van der Waals surface area (Å²) in [4.78, 5) is 0. The lowest BCUT2D eigenvalue weighted by atomic mass is 9.94. The summed E-state index contributed by atoms with van der Waals surface area (Å²) in [5, 5.41) is 0. The second kappa shape index (κ2) is 7.13. The van der Waals surface area contributed by atoms with Gasteiger partial charge in [-0.3, -0.25) is 0 Å². The maximum absolute atomic E-state index is 3.85. The summed E-state index contributed by atoms with van der Waals surface area (Å²) in [6.45, 7) is 3.85. The highest BCUT2D eigenvalue weighted by Crippen LogP contribution is 2.37. The lowest BCUT2D eigenvalue weighted by Gasteiger charge is -2.11. The van der Waals surface area contributed by atoms with E-state index in [9.17, 15) is 0 Å². The van der Waals surface area contributed by atoms with Crippen molar-refractivity contribution in [2.24, 2.45) is 0 Å². The van der Waals surface area contributed by atoms with Crippen molar-refractivity contribution in [2.45, 2.75) is 25.7 Å². The summed E-state index contributed by atoms with van der Waals surface area (Å²) in [5.74, 6) is 0. The Morgan fingerprint density at radius 2 is 1.32 bits per heavy atom. The van der Waals surface area contributed by atoms with E-state index >= 15 is 0 Å². The first-order valence-corrected chi connectivity index (χ1v) is 10.1. The number of hydrogen-bond acceptors (Lipinski definition) is 0. The van der Waals surface area contributed by atoms with Gasteiger partial charge in [0.25, 0.3) is 0 Å². The molecule has 0 radical (unpaired) electrons. The molecule has 0 spiro atoms. The van der Waals surface area contributed by atoms with E-state index in [0.717, 1.165) is 31.2 Å². The van der Waals surface area contributed by atoms with Gasteiger partial charge in [0, 0.05) is 0 Å². The molecule has 3 aromatic carbocycles. The normalized spacial score (nSPS) is 14.3. The predicted molar refractivity (Wildman–Crippen MR) is 121 cm³/mol. The first kappa shape index (κ1) is 17.0. The molecule has 0 fully saturated rings. The van der Waals surface area contributed by atoms with Crippen molar-refractivity contribution in [3.8, 4) is 11.1 Å². The average molecular weight is 360 g/mol. The minimum absolute atomic E-state index is 1.07. The standard InChI is InChI=1S/C28H24/c1-2-20-7-9-21(10-8-20)26-18-17-25-16-15-24(28(25)19-26)14-13-23-12-11-22-5-3-4-6-27(22)23/h2-10,12,15,17-19H,1,11,13-14,16H2. The number of allylic oxidation sites excluding steroid dienone is 4. The molecule has 0 amide bonds. The van der Waals surface area contributed by atoms with Gasteiger partial charge in [-0.2, -0.15) is 0 Å². The fourth-order valence-corrected chi connectivity index (χ4v) is 4.49. The maximum atomic E-state index is 3.85. The minimum atomic E-state index is 1.07. The first-order chi connectivity index (χ1) is 13.8. The zero-order chi connectivity index (χ0) is 18.9. The van der Waals surface area contributed by atoms with Gasteiger partial charge in [0.1, 0.15) is 0 Å². The summed E-state index contributed by atoms with van der Waals surface area (Å²) in [7, 11) is 0. The van der Waals surface area contributed by atoms with Crippen LogP contribution in [0.2, 0.25) is 0 Å². The fourth-order valence-electron chi connectivity index (χ4n) is 4.49. The van der Waals surface area contributed by atoms with Crippen LogP contribution in [0.25, 0.3) is 28.3 Å². The van der Waals surface area contributed by atoms with Crippen LogP contribution >= 0.6 is 0 Å². The van der Waals surface area contributed by atoms with E-state index in [1.54, 1.807) is 0 Å². The zero-order valence-corrected chi connectivity index (χ0v) is 16.1. The van der Waals surface area contributed by atoms with Gasteiger partial charge in [-0.1, -0.05) is 85.5 Å². The van der Waals surface area contributed by atoms with Gasteiger partial charge in [-0.15, -0.1) is 0 Å². The third-order valence-electron chi connectivity index (χ3n) is 6.10. The largest absolute Gasteiger partial charge is 0.0985 e. The molecule has 0 bridgehead atoms. The number of benzene rings is 3. The monoisotopic (exact) mass is 360 g/mol. The van der Waals surface area contributed by atoms with Crippen LogP contribution in [0.3, 0.4) is 0 Å². The highest BCUT2D eigenvalue weighted by atomic mass is 14.2. The van der Waals surface area contributed by atoms with Crippen molar-refractivity contribution >= 4 is 17.2 Å². The molecule has 2 aliphatic carbocycles. The number of rotatable bonds is 5. The van der Waals surface area contributed by atoms with Crippen molar-refractivity contribution in [1.29, 1.82) is 0 Å². The topological polar surface area (TPSA) is 0 Å². The molecule has 5 rings (SSSR count). The highest BCUT2D eigenvalue weighted by molar-refractivity contribution is 5.80. The lowest BCUT2D eigenvalue weighted by Crippen LogP contribution is -1.89. The lowest BCUT2D eigenvalue weighted by molar-refractivity contribution is 1.09. The van der Waals surface area contributed by atoms with E-state index in [4.69, 9.17) is 0 Å². The molecule has 0 heteroatoms. The molecule has 0 saturated heterocycles. The average Bonchev–Trinajstić information content (AvgIpc) is 3.36. The Hall–Kier alpha value is -3.12. The van der Waals surface area contributed by atoms with Gasteiger partial charge in [0.15, 0.2) is 0 Å². The van der Waals surface area contributed by atoms with Gasteiger partial charge < -0.3 is 0 Å². The van der Waals surface area contributed by atoms with Crippen LogP contribution in [0.4, 0.5) is 0 Å². The van der Waals surface area contributed by atoms with E-state index in [-0.39, 0.29) is 0 Å². The molecule has 136 valence electrons. The molecule has 0 heterocycles. The van der Waals surface area contributed by atoms with Crippen LogP contribution in [0.1, 0.15) is 40.7 Å². The maximum Gasteiger partial charge on any atom is -0.00854 e. The second-order valence-electron chi connectivity index (χ2n) is 7.72. The van der Waals surface area contributed by atoms with Gasteiger partial charge >= 0.3 is 0 Å². The molecule has 28 heavy (non-hydrogen) atoms. The molecule has 0 aromatic heterocycles. The van der Waals surface area contributed by atoms with E-state index in [0.29, 0.717) is 0 Å². The van der Waals surface area contributed by atoms with E-state index in [2.05, 4.69) is 85.5 Å². The van der Waals surface area contributed by atoms with Crippen LogP contribution < -0.4 is 0 Å². The van der Waals surface area contributed by atoms with Crippen LogP contribution in [0, 0.1) is 0 Å². The van der Waals surface area contributed by atoms with Gasteiger partial charge in [0.2, 0.25) is 0 Å². The third-order valence-corrected chi connectivity index (χ3v) is 6.10. The molecular weight excluding hydrogens is 336 g/mol. The Morgan fingerprint density at radius 3 is 2.07 bits per heavy atom. The Kier molecular flexibility index (Phi) is 4.33.